The number of aliphatic hydroxyl groups excluding tert-OH is 2. The number of rotatable bonds is 8. The lowest BCUT2D eigenvalue weighted by atomic mass is 10.1. The van der Waals surface area contributed by atoms with E-state index >= 15 is 0 Å². The first-order valence-electron chi connectivity index (χ1n) is 6.11. The van der Waals surface area contributed by atoms with E-state index in [1.165, 1.54) is 0 Å². The standard InChI is InChI=1S/C11H21Cl2NO4.ClH/c1-2-17-11-10(16)9(15)8(18-11)7-14(5-3-12)6-4-13;/h8-11,15-16H,2-7H2,1H3;1H/t8-,9-,10-,11?;/m1./s1. The number of alkyl halides is 2. The summed E-state index contributed by atoms with van der Waals surface area (Å²) in [5.74, 6) is 0.967. The third-order valence-electron chi connectivity index (χ3n) is 2.89. The average molecular weight is 339 g/mol. The van der Waals surface area contributed by atoms with Gasteiger partial charge >= 0.3 is 0 Å². The molecule has 1 rings (SSSR count). The molecular weight excluding hydrogens is 316 g/mol. The van der Waals surface area contributed by atoms with E-state index in [2.05, 4.69) is 0 Å². The monoisotopic (exact) mass is 337 g/mol. The minimum atomic E-state index is -1.01. The maximum absolute atomic E-state index is 9.89. The maximum atomic E-state index is 9.89. The summed E-state index contributed by atoms with van der Waals surface area (Å²) in [5, 5.41) is 19.7. The van der Waals surface area contributed by atoms with Gasteiger partial charge in [-0.3, -0.25) is 4.90 Å². The Morgan fingerprint density at radius 1 is 1.16 bits per heavy atom. The van der Waals surface area contributed by atoms with Crippen LogP contribution in [0, 0.1) is 0 Å². The summed E-state index contributed by atoms with van der Waals surface area (Å²) < 4.78 is 10.7. The lowest BCUT2D eigenvalue weighted by Crippen LogP contribution is -2.41. The second-order valence-corrected chi connectivity index (χ2v) is 4.91. The number of ether oxygens (including phenoxy) is 2. The number of hydrogen-bond acceptors (Lipinski definition) is 5. The summed E-state index contributed by atoms with van der Waals surface area (Å²) in [6, 6.07) is 0. The second kappa shape index (κ2) is 10.4. The van der Waals surface area contributed by atoms with Crippen molar-refractivity contribution in [2.75, 3.05) is 38.0 Å². The fourth-order valence-electron chi connectivity index (χ4n) is 1.96. The van der Waals surface area contributed by atoms with Crippen LogP contribution in [0.1, 0.15) is 6.92 Å². The highest BCUT2D eigenvalue weighted by molar-refractivity contribution is 6.18. The summed E-state index contributed by atoms with van der Waals surface area (Å²) in [7, 11) is 0. The van der Waals surface area contributed by atoms with E-state index in [1.54, 1.807) is 0 Å². The number of halogens is 3. The Hall–Kier alpha value is 0.670. The zero-order valence-corrected chi connectivity index (χ0v) is 13.2. The van der Waals surface area contributed by atoms with Crippen molar-refractivity contribution in [1.29, 1.82) is 0 Å². The fraction of sp³-hybridized carbons (Fsp3) is 1.00. The van der Waals surface area contributed by atoms with E-state index in [0.29, 0.717) is 38.0 Å². The Morgan fingerprint density at radius 3 is 2.21 bits per heavy atom. The Labute approximate surface area is 130 Å². The first kappa shape index (κ1) is 19.7. The molecule has 0 aromatic heterocycles. The van der Waals surface area contributed by atoms with Gasteiger partial charge in [0.25, 0.3) is 0 Å². The Kier molecular flexibility index (Phi) is 10.8. The first-order chi connectivity index (χ1) is 8.63. The van der Waals surface area contributed by atoms with Gasteiger partial charge in [0.05, 0.1) is 0 Å². The average Bonchev–Trinajstić information content (AvgIpc) is 2.59. The topological polar surface area (TPSA) is 62.2 Å². The predicted molar refractivity (Wildman–Crippen MR) is 77.4 cm³/mol. The van der Waals surface area contributed by atoms with Crippen LogP contribution in [-0.4, -0.2) is 77.7 Å². The van der Waals surface area contributed by atoms with Gasteiger partial charge in [-0.05, 0) is 6.92 Å². The van der Waals surface area contributed by atoms with Crippen LogP contribution < -0.4 is 0 Å². The summed E-state index contributed by atoms with van der Waals surface area (Å²) in [6.45, 7) is 4.03. The van der Waals surface area contributed by atoms with Crippen LogP contribution in [-0.2, 0) is 9.47 Å². The van der Waals surface area contributed by atoms with Gasteiger partial charge in [-0.25, -0.2) is 0 Å². The van der Waals surface area contributed by atoms with Crippen LogP contribution in [0.25, 0.3) is 0 Å². The highest BCUT2D eigenvalue weighted by Gasteiger charge is 2.43. The molecule has 116 valence electrons. The Morgan fingerprint density at radius 2 is 1.74 bits per heavy atom. The quantitative estimate of drug-likeness (QED) is 0.637. The highest BCUT2D eigenvalue weighted by atomic mass is 35.5. The van der Waals surface area contributed by atoms with Gasteiger partial charge in [-0.2, -0.15) is 0 Å². The first-order valence-corrected chi connectivity index (χ1v) is 7.18. The molecule has 0 aromatic carbocycles. The molecule has 5 nitrogen and oxygen atoms in total. The zero-order valence-electron chi connectivity index (χ0n) is 10.9. The molecule has 1 aliphatic rings. The Bertz CT molecular complexity index is 232. The summed E-state index contributed by atoms with van der Waals surface area (Å²) in [4.78, 5) is 1.99. The van der Waals surface area contributed by atoms with Crippen molar-refractivity contribution in [3.63, 3.8) is 0 Å². The number of aliphatic hydroxyl groups is 2. The molecule has 2 N–H and O–H groups in total. The van der Waals surface area contributed by atoms with E-state index in [0.717, 1.165) is 0 Å². The molecule has 0 amide bonds. The van der Waals surface area contributed by atoms with Crippen molar-refractivity contribution in [1.82, 2.24) is 4.90 Å². The van der Waals surface area contributed by atoms with Gasteiger partial charge in [-0.15, -0.1) is 35.6 Å². The van der Waals surface area contributed by atoms with Crippen LogP contribution in [0.3, 0.4) is 0 Å². The van der Waals surface area contributed by atoms with Crippen LogP contribution in [0.2, 0.25) is 0 Å². The highest BCUT2D eigenvalue weighted by Crippen LogP contribution is 2.23. The molecule has 4 atom stereocenters. The third kappa shape index (κ3) is 5.89. The molecular formula is C11H22Cl3NO4. The molecule has 1 unspecified atom stereocenters. The molecule has 8 heteroatoms. The molecule has 0 saturated carbocycles. The predicted octanol–water partition coefficient (Wildman–Crippen LogP) is 0.671. The lowest BCUT2D eigenvalue weighted by molar-refractivity contribution is -0.164. The lowest BCUT2D eigenvalue weighted by Gasteiger charge is -2.25. The van der Waals surface area contributed by atoms with E-state index in [1.807, 2.05) is 11.8 Å². The van der Waals surface area contributed by atoms with Crippen LogP contribution in [0.15, 0.2) is 0 Å². The Balaban J connectivity index is 0.00000324. The van der Waals surface area contributed by atoms with Crippen molar-refractivity contribution in [2.45, 2.75) is 31.5 Å². The largest absolute Gasteiger partial charge is 0.387 e. The van der Waals surface area contributed by atoms with Gasteiger partial charge in [0, 0.05) is 38.0 Å². The van der Waals surface area contributed by atoms with Gasteiger partial charge in [0.2, 0.25) is 0 Å². The molecule has 19 heavy (non-hydrogen) atoms. The van der Waals surface area contributed by atoms with Gasteiger partial charge in [0.15, 0.2) is 6.29 Å². The van der Waals surface area contributed by atoms with Crippen molar-refractivity contribution < 1.29 is 19.7 Å². The minimum Gasteiger partial charge on any atom is -0.387 e. The molecule has 0 spiro atoms. The second-order valence-electron chi connectivity index (χ2n) is 4.16. The number of hydrogen-bond donors (Lipinski definition) is 2. The summed E-state index contributed by atoms with van der Waals surface area (Å²) in [5.41, 5.74) is 0. The molecule has 0 bridgehead atoms. The number of nitrogens with zero attached hydrogens (tertiary/aromatic N) is 1. The van der Waals surface area contributed by atoms with Crippen LogP contribution in [0.4, 0.5) is 0 Å². The fourth-order valence-corrected chi connectivity index (χ4v) is 2.43. The van der Waals surface area contributed by atoms with Crippen LogP contribution >= 0.6 is 35.6 Å². The summed E-state index contributed by atoms with van der Waals surface area (Å²) in [6.07, 6.45) is -3.20. The summed E-state index contributed by atoms with van der Waals surface area (Å²) >= 11 is 11.4. The smallest absolute Gasteiger partial charge is 0.186 e. The normalized spacial score (nSPS) is 30.6. The van der Waals surface area contributed by atoms with Crippen molar-refractivity contribution in [3.8, 4) is 0 Å². The van der Waals surface area contributed by atoms with Crippen molar-refractivity contribution in [3.05, 3.63) is 0 Å². The molecule has 1 saturated heterocycles. The van der Waals surface area contributed by atoms with E-state index in [4.69, 9.17) is 32.7 Å². The molecule has 0 aliphatic carbocycles. The van der Waals surface area contributed by atoms with E-state index in [9.17, 15) is 10.2 Å². The van der Waals surface area contributed by atoms with Crippen molar-refractivity contribution in [2.24, 2.45) is 0 Å². The molecule has 1 aliphatic heterocycles. The van der Waals surface area contributed by atoms with Crippen LogP contribution in [0.5, 0.6) is 0 Å². The molecule has 1 heterocycles. The van der Waals surface area contributed by atoms with Gasteiger partial charge < -0.3 is 19.7 Å². The van der Waals surface area contributed by atoms with Gasteiger partial charge in [0.1, 0.15) is 18.3 Å². The molecule has 1 fully saturated rings. The van der Waals surface area contributed by atoms with E-state index < -0.39 is 24.6 Å². The molecule has 0 aromatic rings. The zero-order chi connectivity index (χ0) is 13.5. The molecule has 0 radical (unpaired) electrons. The third-order valence-corrected chi connectivity index (χ3v) is 3.23. The minimum absolute atomic E-state index is 0. The van der Waals surface area contributed by atoms with Gasteiger partial charge in [-0.1, -0.05) is 0 Å². The maximum Gasteiger partial charge on any atom is 0.186 e. The van der Waals surface area contributed by atoms with Crippen molar-refractivity contribution >= 4 is 35.6 Å². The SMILES string of the molecule is CCOC1O[C@H](CN(CCCl)CCCl)[C@@H](O)[C@H]1O.Cl. The van der Waals surface area contributed by atoms with E-state index in [-0.39, 0.29) is 12.4 Å².